The van der Waals surface area contributed by atoms with Crippen LogP contribution in [-0.2, 0) is 20.7 Å². The van der Waals surface area contributed by atoms with Gasteiger partial charge in [0.15, 0.2) is 23.0 Å². The van der Waals surface area contributed by atoms with Gasteiger partial charge in [0.25, 0.3) is 0 Å². The molecule has 3 N–H and O–H groups in total. The van der Waals surface area contributed by atoms with Crippen LogP contribution in [0.15, 0.2) is 28.5 Å². The Morgan fingerprint density at radius 3 is 2.49 bits per heavy atom. The number of methoxy groups -OCH3 is 2. The lowest BCUT2D eigenvalue weighted by atomic mass is 9.69. The predicted octanol–water partition coefficient (Wildman–Crippen LogP) is 1.28. The quantitative estimate of drug-likeness (QED) is 0.617. The molecule has 4 aliphatic rings. The van der Waals surface area contributed by atoms with Crippen LogP contribution in [0.25, 0.3) is 0 Å². The molecule has 9 nitrogen and oxygen atoms in total. The minimum atomic E-state index is -0.613. The van der Waals surface area contributed by atoms with E-state index in [2.05, 4.69) is 11.0 Å². The van der Waals surface area contributed by atoms with E-state index in [0.717, 1.165) is 16.7 Å². The van der Waals surface area contributed by atoms with E-state index in [0.29, 0.717) is 23.3 Å². The summed E-state index contributed by atoms with van der Waals surface area (Å²) in [5, 5.41) is 21.6. The number of aromatic hydroxyl groups is 1. The Labute approximate surface area is 204 Å². The maximum atomic E-state index is 13.4. The fraction of sp³-hybridized carbons (Fsp3) is 0.500. The topological polar surface area (TPSA) is 129 Å². The molecule has 9 heteroatoms. The van der Waals surface area contributed by atoms with Gasteiger partial charge in [-0.15, -0.1) is 0 Å². The molecule has 1 aromatic carbocycles. The molecule has 0 saturated carbocycles. The fourth-order valence-corrected chi connectivity index (χ4v) is 6.84. The van der Waals surface area contributed by atoms with E-state index in [1.165, 1.54) is 14.2 Å². The highest BCUT2D eigenvalue weighted by Gasteiger charge is 2.57. The molecule has 0 spiro atoms. The Morgan fingerprint density at radius 1 is 1.17 bits per heavy atom. The SMILES string of the molecule is COC1=C(C)C(=O)C2=C(C1=O)C(CN)N1C(C2)[C@H]2c3c(cc(C)c(OC)c3O)C[C@H]([C@@H]1C#N)N2C. The highest BCUT2D eigenvalue weighted by atomic mass is 16.5. The Balaban J connectivity index is 1.74. The predicted molar refractivity (Wildman–Crippen MR) is 127 cm³/mol. The van der Waals surface area contributed by atoms with Gasteiger partial charge >= 0.3 is 0 Å². The van der Waals surface area contributed by atoms with Gasteiger partial charge in [-0.3, -0.25) is 19.4 Å². The van der Waals surface area contributed by atoms with Crippen LogP contribution < -0.4 is 10.5 Å². The summed E-state index contributed by atoms with van der Waals surface area (Å²) < 4.78 is 10.8. The van der Waals surface area contributed by atoms with Gasteiger partial charge in [0.1, 0.15) is 6.04 Å². The summed E-state index contributed by atoms with van der Waals surface area (Å²) in [4.78, 5) is 31.0. The van der Waals surface area contributed by atoms with E-state index in [1.54, 1.807) is 6.92 Å². The van der Waals surface area contributed by atoms with Crippen molar-refractivity contribution < 1.29 is 24.2 Å². The summed E-state index contributed by atoms with van der Waals surface area (Å²) in [6.07, 6.45) is 0.820. The van der Waals surface area contributed by atoms with Crippen molar-refractivity contribution >= 4 is 11.6 Å². The van der Waals surface area contributed by atoms with E-state index in [-0.39, 0.29) is 59.7 Å². The number of likely N-dealkylation sites (N-methyl/N-ethyl adjacent to an activating group) is 1. The van der Waals surface area contributed by atoms with Crippen LogP contribution in [0.4, 0.5) is 0 Å². The van der Waals surface area contributed by atoms with Crippen molar-refractivity contribution in [3.63, 3.8) is 0 Å². The molecule has 0 amide bonds. The number of allylic oxidation sites excluding steroid dienone is 2. The number of ketones is 2. The van der Waals surface area contributed by atoms with Gasteiger partial charge < -0.3 is 20.3 Å². The molecule has 5 atom stereocenters. The van der Waals surface area contributed by atoms with Crippen LogP contribution in [0.3, 0.4) is 0 Å². The third kappa shape index (κ3) is 2.97. The summed E-state index contributed by atoms with van der Waals surface area (Å²) >= 11 is 0. The largest absolute Gasteiger partial charge is 0.504 e. The molecular weight excluding hydrogens is 448 g/mol. The van der Waals surface area contributed by atoms with Gasteiger partial charge in [0.05, 0.1) is 32.4 Å². The van der Waals surface area contributed by atoms with Crippen molar-refractivity contribution in [1.82, 2.24) is 9.80 Å². The molecule has 2 unspecified atom stereocenters. The van der Waals surface area contributed by atoms with Crippen LogP contribution in [-0.4, -0.2) is 78.5 Å². The Bertz CT molecular complexity index is 1260. The van der Waals surface area contributed by atoms with Gasteiger partial charge in [-0.1, -0.05) is 6.07 Å². The van der Waals surface area contributed by atoms with Gasteiger partial charge in [-0.25, -0.2) is 0 Å². The first kappa shape index (κ1) is 23.5. The summed E-state index contributed by atoms with van der Waals surface area (Å²) in [6.45, 7) is 3.56. The minimum Gasteiger partial charge on any atom is -0.504 e. The molecule has 2 bridgehead atoms. The van der Waals surface area contributed by atoms with E-state index in [4.69, 9.17) is 15.2 Å². The van der Waals surface area contributed by atoms with Crippen molar-refractivity contribution in [2.75, 3.05) is 27.8 Å². The first-order valence-electron chi connectivity index (χ1n) is 11.8. The zero-order valence-electron chi connectivity index (χ0n) is 20.6. The number of nitriles is 1. The maximum absolute atomic E-state index is 13.4. The second-order valence-corrected chi connectivity index (χ2v) is 9.78. The van der Waals surface area contributed by atoms with E-state index in [9.17, 15) is 20.0 Å². The fourth-order valence-electron chi connectivity index (χ4n) is 6.84. The number of rotatable bonds is 3. The maximum Gasteiger partial charge on any atom is 0.225 e. The molecule has 1 saturated heterocycles. The number of nitrogens with two attached hydrogens (primary N) is 1. The van der Waals surface area contributed by atoms with Crippen LogP contribution in [0.1, 0.15) is 36.1 Å². The number of hydrogen-bond acceptors (Lipinski definition) is 9. The number of fused-ring (bicyclic) bond motifs is 6. The Hall–Kier alpha value is -3.19. The van der Waals surface area contributed by atoms with Crippen molar-refractivity contribution in [3.05, 3.63) is 45.2 Å². The number of hydrogen-bond donors (Lipinski definition) is 2. The Morgan fingerprint density at radius 2 is 1.89 bits per heavy atom. The molecule has 3 aliphatic heterocycles. The number of phenols is 1. The van der Waals surface area contributed by atoms with Gasteiger partial charge in [-0.2, -0.15) is 5.26 Å². The molecule has 1 aliphatic carbocycles. The highest BCUT2D eigenvalue weighted by molar-refractivity contribution is 6.25. The molecule has 1 aromatic rings. The standard InChI is InChI=1S/C26H30N4O5/c1-11-6-13-7-15-17(9-27)30-16(21(29(15)3)19(13)23(32)25(11)34-4)8-14-20(18(30)10-28)24(33)26(35-5)12(2)22(14)31/h6,15-18,21,32H,7-8,10,28H2,1-5H3/t15-,16?,17+,18?,21+/m1/s1. The van der Waals surface area contributed by atoms with E-state index < -0.39 is 12.1 Å². The molecule has 5 rings (SSSR count). The second kappa shape index (κ2) is 8.19. The average Bonchev–Trinajstić information content (AvgIpc) is 2.83. The van der Waals surface area contributed by atoms with Crippen LogP contribution in [0.2, 0.25) is 0 Å². The number of ether oxygens (including phenoxy) is 2. The molecule has 0 aromatic heterocycles. The summed E-state index contributed by atoms with van der Waals surface area (Å²) in [7, 11) is 4.86. The molecule has 184 valence electrons. The van der Waals surface area contributed by atoms with Crippen LogP contribution in [0.5, 0.6) is 11.5 Å². The van der Waals surface area contributed by atoms with Crippen molar-refractivity contribution in [3.8, 4) is 17.6 Å². The smallest absolute Gasteiger partial charge is 0.225 e. The molecule has 3 heterocycles. The van der Waals surface area contributed by atoms with Gasteiger partial charge in [0, 0.05) is 40.9 Å². The first-order valence-corrected chi connectivity index (χ1v) is 11.8. The van der Waals surface area contributed by atoms with Crippen LogP contribution in [0, 0.1) is 18.3 Å². The number of carbonyl (C=O) groups is 2. The minimum absolute atomic E-state index is 0.0386. The highest BCUT2D eigenvalue weighted by Crippen LogP contribution is 2.53. The molecule has 35 heavy (non-hydrogen) atoms. The Kier molecular flexibility index (Phi) is 5.51. The summed E-state index contributed by atoms with van der Waals surface area (Å²) in [6, 6.07) is 2.48. The number of Topliss-reactive ketones (excluding diaryl/α,β-unsaturated/α-hetero) is 2. The monoisotopic (exact) mass is 478 g/mol. The lowest BCUT2D eigenvalue weighted by molar-refractivity contribution is -0.122. The number of piperazine rings is 1. The number of nitrogens with zero attached hydrogens (tertiary/aromatic N) is 3. The van der Waals surface area contributed by atoms with Crippen LogP contribution >= 0.6 is 0 Å². The summed E-state index contributed by atoms with van der Waals surface area (Å²) in [5.74, 6) is -0.0230. The number of phenolic OH excluding ortho intramolecular Hbond substituents is 1. The zero-order chi connectivity index (χ0) is 25.3. The first-order chi connectivity index (χ1) is 16.7. The van der Waals surface area contributed by atoms with Crippen molar-refractivity contribution in [2.45, 2.75) is 56.9 Å². The summed E-state index contributed by atoms with van der Waals surface area (Å²) in [5.41, 5.74) is 9.84. The third-order valence-electron chi connectivity index (χ3n) is 8.29. The lowest BCUT2D eigenvalue weighted by Crippen LogP contribution is -2.71. The van der Waals surface area contributed by atoms with Crippen molar-refractivity contribution in [2.24, 2.45) is 5.73 Å². The molecular formula is C26H30N4O5. The third-order valence-corrected chi connectivity index (χ3v) is 8.29. The van der Waals surface area contributed by atoms with E-state index in [1.807, 2.05) is 24.9 Å². The normalized spacial score (nSPS) is 30.5. The number of benzene rings is 1. The van der Waals surface area contributed by atoms with Crippen molar-refractivity contribution in [1.29, 1.82) is 5.26 Å². The number of carbonyl (C=O) groups excluding carboxylic acids is 2. The molecule has 1 fully saturated rings. The van der Waals surface area contributed by atoms with Gasteiger partial charge in [-0.05, 0) is 44.9 Å². The average molecular weight is 479 g/mol. The van der Waals surface area contributed by atoms with Gasteiger partial charge in [0.2, 0.25) is 5.78 Å². The van der Waals surface area contributed by atoms with E-state index >= 15 is 0 Å². The lowest BCUT2D eigenvalue weighted by Gasteiger charge is -2.60. The molecule has 0 radical (unpaired) electrons. The second-order valence-electron chi connectivity index (χ2n) is 9.78. The zero-order valence-corrected chi connectivity index (χ0v) is 20.6. The number of aryl methyl sites for hydroxylation is 1.